The molecule has 2 rings (SSSR count). The molecule has 82 valence electrons. The fourth-order valence-electron chi connectivity index (χ4n) is 1.99. The molecule has 0 aliphatic carbocycles. The maximum Gasteiger partial charge on any atom is 0.196 e. The van der Waals surface area contributed by atoms with Gasteiger partial charge < -0.3 is 14.4 Å². The van der Waals surface area contributed by atoms with Gasteiger partial charge >= 0.3 is 0 Å². The lowest BCUT2D eigenvalue weighted by atomic mass is 10.2. The average molecular weight is 209 g/mol. The van der Waals surface area contributed by atoms with Gasteiger partial charge in [0.25, 0.3) is 0 Å². The number of hydrogen-bond donors (Lipinski definition) is 1. The summed E-state index contributed by atoms with van der Waals surface area (Å²) in [6.45, 7) is 2.50. The zero-order valence-corrected chi connectivity index (χ0v) is 8.77. The molecule has 2 heterocycles. The number of furan rings is 1. The third kappa shape index (κ3) is 1.90. The highest BCUT2D eigenvalue weighted by Gasteiger charge is 2.26. The molecule has 4 heteroatoms. The number of ketones is 1. The van der Waals surface area contributed by atoms with Crippen LogP contribution in [0.5, 0.6) is 0 Å². The van der Waals surface area contributed by atoms with Gasteiger partial charge in [-0.3, -0.25) is 4.79 Å². The Morgan fingerprint density at radius 3 is 3.07 bits per heavy atom. The molecule has 0 spiro atoms. The van der Waals surface area contributed by atoms with Crippen molar-refractivity contribution in [2.24, 2.45) is 0 Å². The van der Waals surface area contributed by atoms with Crippen LogP contribution in [0.1, 0.15) is 30.3 Å². The Hall–Kier alpha value is -1.29. The Labute approximate surface area is 88.5 Å². The summed E-state index contributed by atoms with van der Waals surface area (Å²) in [5, 5.41) is 9.16. The minimum absolute atomic E-state index is 0.0685. The van der Waals surface area contributed by atoms with Crippen molar-refractivity contribution in [2.75, 3.05) is 18.1 Å². The van der Waals surface area contributed by atoms with Crippen LogP contribution in [0.15, 0.2) is 16.5 Å². The number of Topliss-reactive ketones (excluding diaryl/α,β-unsaturated/α-hetero) is 1. The van der Waals surface area contributed by atoms with Crippen LogP contribution < -0.4 is 4.90 Å². The molecule has 0 amide bonds. The molecular weight excluding hydrogens is 194 g/mol. The monoisotopic (exact) mass is 209 g/mol. The van der Waals surface area contributed by atoms with Crippen LogP contribution in [-0.4, -0.2) is 30.1 Å². The molecule has 1 saturated heterocycles. The quantitative estimate of drug-likeness (QED) is 0.765. The summed E-state index contributed by atoms with van der Waals surface area (Å²) in [5.74, 6) is 1.01. The van der Waals surface area contributed by atoms with E-state index in [0.29, 0.717) is 11.6 Å². The zero-order chi connectivity index (χ0) is 10.8. The second-order valence-corrected chi connectivity index (χ2v) is 3.87. The predicted octanol–water partition coefficient (Wildman–Crippen LogP) is 1.44. The molecule has 1 unspecified atom stereocenters. The van der Waals surface area contributed by atoms with Crippen molar-refractivity contribution in [2.45, 2.75) is 25.8 Å². The number of nitrogens with zero attached hydrogens (tertiary/aromatic N) is 1. The van der Waals surface area contributed by atoms with Gasteiger partial charge in [-0.1, -0.05) is 0 Å². The van der Waals surface area contributed by atoms with Gasteiger partial charge in [0.2, 0.25) is 0 Å². The molecule has 0 aromatic carbocycles. The van der Waals surface area contributed by atoms with E-state index in [1.165, 1.54) is 6.92 Å². The standard InChI is InChI=1S/C11H15NO3/c1-8(14)10-4-5-11(15-10)12-6-2-3-9(12)7-13/h4-5,9,13H,2-3,6-7H2,1H3. The Kier molecular flexibility index (Phi) is 2.77. The molecule has 1 aromatic heterocycles. The van der Waals surface area contributed by atoms with Crippen LogP contribution in [0.4, 0.5) is 5.88 Å². The zero-order valence-electron chi connectivity index (χ0n) is 8.77. The van der Waals surface area contributed by atoms with Gasteiger partial charge in [0.05, 0.1) is 12.6 Å². The Morgan fingerprint density at radius 1 is 1.67 bits per heavy atom. The Bertz CT molecular complexity index is 358. The fraction of sp³-hybridized carbons (Fsp3) is 0.545. The summed E-state index contributed by atoms with van der Waals surface area (Å²) in [4.78, 5) is 13.1. The number of rotatable bonds is 3. The topological polar surface area (TPSA) is 53.7 Å². The molecule has 15 heavy (non-hydrogen) atoms. The van der Waals surface area contributed by atoms with Crippen molar-refractivity contribution < 1.29 is 14.3 Å². The minimum Gasteiger partial charge on any atom is -0.437 e. The van der Waals surface area contributed by atoms with E-state index in [9.17, 15) is 4.79 Å². The van der Waals surface area contributed by atoms with Crippen molar-refractivity contribution in [3.63, 3.8) is 0 Å². The highest BCUT2D eigenvalue weighted by molar-refractivity contribution is 5.91. The minimum atomic E-state index is -0.0685. The summed E-state index contributed by atoms with van der Waals surface area (Å²) in [5.41, 5.74) is 0. The molecule has 4 nitrogen and oxygen atoms in total. The largest absolute Gasteiger partial charge is 0.437 e. The first-order chi connectivity index (χ1) is 7.22. The van der Waals surface area contributed by atoms with E-state index in [0.717, 1.165) is 19.4 Å². The van der Waals surface area contributed by atoms with Crippen LogP contribution in [0, 0.1) is 0 Å². The molecule has 0 saturated carbocycles. The van der Waals surface area contributed by atoms with Crippen LogP contribution in [0.25, 0.3) is 0 Å². The SMILES string of the molecule is CC(=O)c1ccc(N2CCCC2CO)o1. The van der Waals surface area contributed by atoms with Gasteiger partial charge in [-0.05, 0) is 18.9 Å². The molecule has 0 radical (unpaired) electrons. The Morgan fingerprint density at radius 2 is 2.47 bits per heavy atom. The number of aliphatic hydroxyl groups is 1. The third-order valence-corrected chi connectivity index (χ3v) is 2.81. The number of hydrogen-bond acceptors (Lipinski definition) is 4. The van der Waals surface area contributed by atoms with Gasteiger partial charge in [0.15, 0.2) is 17.4 Å². The van der Waals surface area contributed by atoms with Crippen LogP contribution in [-0.2, 0) is 0 Å². The van der Waals surface area contributed by atoms with Gasteiger partial charge in [-0.15, -0.1) is 0 Å². The lowest BCUT2D eigenvalue weighted by Crippen LogP contribution is -2.31. The summed E-state index contributed by atoms with van der Waals surface area (Å²) in [6, 6.07) is 3.62. The first-order valence-corrected chi connectivity index (χ1v) is 5.20. The molecule has 1 aliphatic rings. The van der Waals surface area contributed by atoms with E-state index in [4.69, 9.17) is 9.52 Å². The van der Waals surface area contributed by atoms with E-state index in [1.54, 1.807) is 12.1 Å². The van der Waals surface area contributed by atoms with Crippen molar-refractivity contribution in [3.05, 3.63) is 17.9 Å². The maximum atomic E-state index is 11.1. The van der Waals surface area contributed by atoms with Gasteiger partial charge in [-0.25, -0.2) is 0 Å². The summed E-state index contributed by atoms with van der Waals surface area (Å²) in [6.07, 6.45) is 2.04. The van der Waals surface area contributed by atoms with Crippen molar-refractivity contribution >= 4 is 11.7 Å². The van der Waals surface area contributed by atoms with E-state index in [1.807, 2.05) is 4.90 Å². The van der Waals surface area contributed by atoms with Gasteiger partial charge in [-0.2, -0.15) is 0 Å². The normalized spacial score (nSPS) is 20.9. The average Bonchev–Trinajstić information content (AvgIpc) is 2.85. The fourth-order valence-corrected chi connectivity index (χ4v) is 1.99. The molecule has 1 aromatic rings. The molecule has 1 aliphatic heterocycles. The van der Waals surface area contributed by atoms with Crippen LogP contribution in [0.2, 0.25) is 0 Å². The second-order valence-electron chi connectivity index (χ2n) is 3.87. The number of aliphatic hydroxyl groups excluding tert-OH is 1. The van der Waals surface area contributed by atoms with E-state index < -0.39 is 0 Å². The van der Waals surface area contributed by atoms with E-state index in [2.05, 4.69) is 0 Å². The number of anilines is 1. The third-order valence-electron chi connectivity index (χ3n) is 2.81. The lowest BCUT2D eigenvalue weighted by Gasteiger charge is -2.21. The summed E-state index contributed by atoms with van der Waals surface area (Å²) >= 11 is 0. The smallest absolute Gasteiger partial charge is 0.196 e. The maximum absolute atomic E-state index is 11.1. The molecule has 1 atom stereocenters. The van der Waals surface area contributed by atoms with Crippen molar-refractivity contribution in [1.82, 2.24) is 0 Å². The lowest BCUT2D eigenvalue weighted by molar-refractivity contribution is 0.0987. The molecule has 1 N–H and O–H groups in total. The first kappa shape index (κ1) is 10.2. The van der Waals surface area contributed by atoms with Crippen molar-refractivity contribution in [1.29, 1.82) is 0 Å². The summed E-state index contributed by atoms with van der Waals surface area (Å²) < 4.78 is 5.43. The van der Waals surface area contributed by atoms with Gasteiger partial charge in [0, 0.05) is 19.5 Å². The molecule has 1 fully saturated rings. The molecular formula is C11H15NO3. The van der Waals surface area contributed by atoms with Gasteiger partial charge in [0.1, 0.15) is 0 Å². The molecule has 0 bridgehead atoms. The van der Waals surface area contributed by atoms with Crippen LogP contribution in [0.3, 0.4) is 0 Å². The first-order valence-electron chi connectivity index (χ1n) is 5.20. The number of carbonyl (C=O) groups is 1. The van der Waals surface area contributed by atoms with Crippen molar-refractivity contribution in [3.8, 4) is 0 Å². The van der Waals surface area contributed by atoms with Crippen LogP contribution >= 0.6 is 0 Å². The second kappa shape index (κ2) is 4.06. The summed E-state index contributed by atoms with van der Waals surface area (Å²) in [7, 11) is 0. The highest BCUT2D eigenvalue weighted by atomic mass is 16.4. The predicted molar refractivity (Wildman–Crippen MR) is 56.2 cm³/mol. The number of carbonyl (C=O) groups excluding carboxylic acids is 1. The highest BCUT2D eigenvalue weighted by Crippen LogP contribution is 2.27. The van der Waals surface area contributed by atoms with E-state index >= 15 is 0 Å². The van der Waals surface area contributed by atoms with E-state index in [-0.39, 0.29) is 18.4 Å². The Balaban J connectivity index is 2.18.